The minimum atomic E-state index is -0.0687. The number of hydrogen-bond donors (Lipinski definition) is 2. The van der Waals surface area contributed by atoms with Gasteiger partial charge in [-0.05, 0) is 76.5 Å². The van der Waals surface area contributed by atoms with E-state index in [1.165, 1.54) is 19.3 Å². The van der Waals surface area contributed by atoms with Gasteiger partial charge in [0.05, 0.1) is 13.2 Å². The first kappa shape index (κ1) is 18.7. The van der Waals surface area contributed by atoms with Crippen molar-refractivity contribution in [3.8, 4) is 5.75 Å². The number of rotatable bonds is 8. The molecule has 134 valence electrons. The SMILES string of the molecule is CNCCC1CCN(C(C)C(=O)NCc2cccc(OC)c2)CC1. The van der Waals surface area contributed by atoms with Crippen molar-refractivity contribution in [1.82, 2.24) is 15.5 Å². The van der Waals surface area contributed by atoms with Gasteiger partial charge >= 0.3 is 0 Å². The molecule has 1 atom stereocenters. The van der Waals surface area contributed by atoms with Gasteiger partial charge in [0.25, 0.3) is 0 Å². The molecule has 0 saturated carbocycles. The smallest absolute Gasteiger partial charge is 0.237 e. The first-order chi connectivity index (χ1) is 11.6. The third-order valence-corrected chi connectivity index (χ3v) is 4.98. The summed E-state index contributed by atoms with van der Waals surface area (Å²) < 4.78 is 5.22. The summed E-state index contributed by atoms with van der Waals surface area (Å²) in [7, 11) is 3.66. The largest absolute Gasteiger partial charge is 0.497 e. The van der Waals surface area contributed by atoms with Crippen molar-refractivity contribution in [3.63, 3.8) is 0 Å². The van der Waals surface area contributed by atoms with Gasteiger partial charge in [0.15, 0.2) is 0 Å². The second kappa shape index (κ2) is 9.64. The number of ether oxygens (including phenoxy) is 1. The third kappa shape index (κ3) is 5.49. The van der Waals surface area contributed by atoms with E-state index in [4.69, 9.17) is 4.74 Å². The van der Waals surface area contributed by atoms with Crippen molar-refractivity contribution >= 4 is 5.91 Å². The molecule has 0 aliphatic carbocycles. The third-order valence-electron chi connectivity index (χ3n) is 4.98. The number of nitrogens with zero attached hydrogens (tertiary/aromatic N) is 1. The fourth-order valence-electron chi connectivity index (χ4n) is 3.26. The molecule has 24 heavy (non-hydrogen) atoms. The van der Waals surface area contributed by atoms with Crippen LogP contribution in [0.1, 0.15) is 31.7 Å². The first-order valence-corrected chi connectivity index (χ1v) is 8.93. The molecule has 1 aromatic rings. The van der Waals surface area contributed by atoms with E-state index in [0.29, 0.717) is 6.54 Å². The van der Waals surface area contributed by atoms with E-state index in [9.17, 15) is 4.79 Å². The maximum absolute atomic E-state index is 12.4. The molecule has 0 aromatic heterocycles. The second-order valence-electron chi connectivity index (χ2n) is 6.62. The Morgan fingerprint density at radius 3 is 2.79 bits per heavy atom. The standard InChI is InChI=1S/C19H31N3O2/c1-15(22-11-8-16(9-12-22)7-10-20-2)19(23)21-14-17-5-4-6-18(13-17)24-3/h4-6,13,15-16,20H,7-12,14H2,1-3H3,(H,21,23). The average molecular weight is 333 g/mol. The van der Waals surface area contributed by atoms with Crippen molar-refractivity contribution in [3.05, 3.63) is 29.8 Å². The summed E-state index contributed by atoms with van der Waals surface area (Å²) >= 11 is 0. The lowest BCUT2D eigenvalue weighted by Gasteiger charge is -2.35. The number of hydrogen-bond acceptors (Lipinski definition) is 4. The van der Waals surface area contributed by atoms with Crippen molar-refractivity contribution in [2.75, 3.05) is 33.8 Å². The van der Waals surface area contributed by atoms with Gasteiger partial charge in [-0.2, -0.15) is 0 Å². The Bertz CT molecular complexity index is 513. The Morgan fingerprint density at radius 2 is 2.12 bits per heavy atom. The highest BCUT2D eigenvalue weighted by Crippen LogP contribution is 2.21. The highest BCUT2D eigenvalue weighted by atomic mass is 16.5. The Balaban J connectivity index is 1.76. The van der Waals surface area contributed by atoms with Crippen LogP contribution in [-0.4, -0.2) is 50.6 Å². The summed E-state index contributed by atoms with van der Waals surface area (Å²) in [5, 5.41) is 6.27. The molecule has 1 saturated heterocycles. The van der Waals surface area contributed by atoms with E-state index in [1.807, 2.05) is 38.2 Å². The zero-order valence-corrected chi connectivity index (χ0v) is 15.2. The minimum absolute atomic E-state index is 0.0687. The van der Waals surface area contributed by atoms with Crippen molar-refractivity contribution in [2.24, 2.45) is 5.92 Å². The van der Waals surface area contributed by atoms with Crippen molar-refractivity contribution in [1.29, 1.82) is 0 Å². The van der Waals surface area contributed by atoms with Crippen LogP contribution in [0.25, 0.3) is 0 Å². The number of carbonyl (C=O) groups is 1. The van der Waals surface area contributed by atoms with Gasteiger partial charge in [0.1, 0.15) is 5.75 Å². The molecule has 1 aliphatic rings. The summed E-state index contributed by atoms with van der Waals surface area (Å²) in [5.41, 5.74) is 1.06. The molecule has 2 rings (SSSR count). The molecule has 0 bridgehead atoms. The summed E-state index contributed by atoms with van der Waals surface area (Å²) in [6.07, 6.45) is 3.62. The molecule has 1 amide bonds. The lowest BCUT2D eigenvalue weighted by atomic mass is 9.93. The van der Waals surface area contributed by atoms with Crippen LogP contribution in [0.2, 0.25) is 0 Å². The second-order valence-corrected chi connectivity index (χ2v) is 6.62. The Hall–Kier alpha value is -1.59. The molecule has 0 radical (unpaired) electrons. The highest BCUT2D eigenvalue weighted by Gasteiger charge is 2.26. The molecule has 1 aromatic carbocycles. The lowest BCUT2D eigenvalue weighted by Crippen LogP contribution is -2.48. The van der Waals surface area contributed by atoms with E-state index < -0.39 is 0 Å². The van der Waals surface area contributed by atoms with Gasteiger partial charge in [0.2, 0.25) is 5.91 Å². The molecule has 2 N–H and O–H groups in total. The Morgan fingerprint density at radius 1 is 1.38 bits per heavy atom. The van der Waals surface area contributed by atoms with Gasteiger partial charge in [-0.15, -0.1) is 0 Å². The van der Waals surface area contributed by atoms with Gasteiger partial charge in [-0.25, -0.2) is 0 Å². The topological polar surface area (TPSA) is 53.6 Å². The monoisotopic (exact) mass is 333 g/mol. The molecule has 1 unspecified atom stereocenters. The number of piperidine rings is 1. The van der Waals surface area contributed by atoms with Crippen LogP contribution in [-0.2, 0) is 11.3 Å². The first-order valence-electron chi connectivity index (χ1n) is 8.93. The van der Waals surface area contributed by atoms with Crippen LogP contribution in [0, 0.1) is 5.92 Å². The van der Waals surface area contributed by atoms with Gasteiger partial charge in [-0.3, -0.25) is 9.69 Å². The van der Waals surface area contributed by atoms with E-state index >= 15 is 0 Å². The van der Waals surface area contributed by atoms with E-state index in [0.717, 1.165) is 36.9 Å². The van der Waals surface area contributed by atoms with Crippen LogP contribution < -0.4 is 15.4 Å². The lowest BCUT2D eigenvalue weighted by molar-refractivity contribution is -0.126. The van der Waals surface area contributed by atoms with Crippen molar-refractivity contribution < 1.29 is 9.53 Å². The van der Waals surface area contributed by atoms with Crippen molar-refractivity contribution in [2.45, 2.75) is 38.8 Å². The van der Waals surface area contributed by atoms with Crippen LogP contribution in [0.4, 0.5) is 0 Å². The fraction of sp³-hybridized carbons (Fsp3) is 0.632. The number of likely N-dealkylation sites (tertiary alicyclic amines) is 1. The maximum Gasteiger partial charge on any atom is 0.237 e. The quantitative estimate of drug-likeness (QED) is 0.764. The van der Waals surface area contributed by atoms with Crippen LogP contribution in [0.3, 0.4) is 0 Å². The fourth-order valence-corrected chi connectivity index (χ4v) is 3.26. The Kier molecular flexibility index (Phi) is 7.53. The van der Waals surface area contributed by atoms with Gasteiger partial charge in [0, 0.05) is 6.54 Å². The highest BCUT2D eigenvalue weighted by molar-refractivity contribution is 5.81. The Labute approximate surface area is 145 Å². The number of methoxy groups -OCH3 is 1. The molecule has 0 spiro atoms. The summed E-state index contributed by atoms with van der Waals surface area (Å²) in [4.78, 5) is 14.7. The normalized spacial score (nSPS) is 17.5. The zero-order valence-electron chi connectivity index (χ0n) is 15.2. The molecular weight excluding hydrogens is 302 g/mol. The predicted octanol–water partition coefficient (Wildman–Crippen LogP) is 2.02. The van der Waals surface area contributed by atoms with Crippen LogP contribution in [0.5, 0.6) is 5.75 Å². The summed E-state index contributed by atoms with van der Waals surface area (Å²) in [6, 6.07) is 7.74. The summed E-state index contributed by atoms with van der Waals surface area (Å²) in [5.74, 6) is 1.71. The number of benzene rings is 1. The molecule has 1 aliphatic heterocycles. The van der Waals surface area contributed by atoms with Gasteiger partial charge < -0.3 is 15.4 Å². The molecule has 1 heterocycles. The van der Waals surface area contributed by atoms with E-state index in [2.05, 4.69) is 15.5 Å². The molecular formula is C19H31N3O2. The zero-order chi connectivity index (χ0) is 17.4. The van der Waals surface area contributed by atoms with E-state index in [-0.39, 0.29) is 11.9 Å². The number of carbonyl (C=O) groups excluding carboxylic acids is 1. The summed E-state index contributed by atoms with van der Waals surface area (Å²) in [6.45, 7) is 5.67. The molecule has 1 fully saturated rings. The van der Waals surface area contributed by atoms with Crippen LogP contribution >= 0.6 is 0 Å². The number of amides is 1. The van der Waals surface area contributed by atoms with Crippen LogP contribution in [0.15, 0.2) is 24.3 Å². The van der Waals surface area contributed by atoms with E-state index in [1.54, 1.807) is 7.11 Å². The number of nitrogens with one attached hydrogen (secondary N) is 2. The molecule has 5 nitrogen and oxygen atoms in total. The molecule has 5 heteroatoms. The maximum atomic E-state index is 12.4. The predicted molar refractivity (Wildman–Crippen MR) is 97.1 cm³/mol. The van der Waals surface area contributed by atoms with Gasteiger partial charge in [-0.1, -0.05) is 12.1 Å². The minimum Gasteiger partial charge on any atom is -0.497 e. The average Bonchev–Trinajstić information content (AvgIpc) is 2.64.